The van der Waals surface area contributed by atoms with E-state index in [1.807, 2.05) is 11.7 Å². The Labute approximate surface area is 161 Å². The molecule has 1 atom stereocenters. The SMILES string of the molecule is Cn1cc(CN2CCC[C@H]2C(N)=O)c(-c2ccc(C3CCCCC3)cc2)n1. The second-order valence-electron chi connectivity index (χ2n) is 8.16. The van der Waals surface area contributed by atoms with E-state index in [1.54, 1.807) is 0 Å². The number of aryl methyl sites for hydroxylation is 1. The molecule has 2 fully saturated rings. The van der Waals surface area contributed by atoms with Gasteiger partial charge >= 0.3 is 0 Å². The van der Waals surface area contributed by atoms with E-state index in [9.17, 15) is 4.79 Å². The van der Waals surface area contributed by atoms with E-state index in [0.717, 1.165) is 48.7 Å². The summed E-state index contributed by atoms with van der Waals surface area (Å²) in [5, 5.41) is 4.71. The maximum absolute atomic E-state index is 11.7. The van der Waals surface area contributed by atoms with Gasteiger partial charge in [-0.05, 0) is 43.7 Å². The van der Waals surface area contributed by atoms with Gasteiger partial charge in [0, 0.05) is 30.9 Å². The van der Waals surface area contributed by atoms with Crippen LogP contribution in [0.1, 0.15) is 62.0 Å². The van der Waals surface area contributed by atoms with Crippen molar-refractivity contribution < 1.29 is 4.79 Å². The van der Waals surface area contributed by atoms with Gasteiger partial charge in [0.25, 0.3) is 0 Å². The van der Waals surface area contributed by atoms with Crippen molar-refractivity contribution in [2.75, 3.05) is 6.54 Å². The zero-order valence-electron chi connectivity index (χ0n) is 16.2. The second kappa shape index (κ2) is 7.85. The minimum absolute atomic E-state index is 0.147. The summed E-state index contributed by atoms with van der Waals surface area (Å²) in [7, 11) is 1.96. The van der Waals surface area contributed by atoms with E-state index in [1.165, 1.54) is 37.7 Å². The second-order valence-corrected chi connectivity index (χ2v) is 8.16. The molecular formula is C22H30N4O. The molecule has 0 unspecified atom stereocenters. The highest BCUT2D eigenvalue weighted by Gasteiger charge is 2.30. The van der Waals surface area contributed by atoms with Gasteiger partial charge in [-0.3, -0.25) is 14.4 Å². The first-order valence-corrected chi connectivity index (χ1v) is 10.3. The van der Waals surface area contributed by atoms with Crippen LogP contribution in [0.25, 0.3) is 11.3 Å². The number of benzene rings is 1. The number of hydrogen-bond acceptors (Lipinski definition) is 3. The van der Waals surface area contributed by atoms with Crippen LogP contribution in [0.3, 0.4) is 0 Å². The van der Waals surface area contributed by atoms with E-state index < -0.39 is 0 Å². The highest BCUT2D eigenvalue weighted by molar-refractivity contribution is 5.80. The molecule has 1 saturated heterocycles. The first-order valence-electron chi connectivity index (χ1n) is 10.3. The number of aromatic nitrogens is 2. The molecule has 5 nitrogen and oxygen atoms in total. The van der Waals surface area contributed by atoms with E-state index in [0.29, 0.717) is 0 Å². The van der Waals surface area contributed by atoms with Crippen LogP contribution in [0.5, 0.6) is 0 Å². The van der Waals surface area contributed by atoms with Crippen LogP contribution in [0, 0.1) is 0 Å². The first-order chi connectivity index (χ1) is 13.1. The van der Waals surface area contributed by atoms with Crippen LogP contribution < -0.4 is 5.73 Å². The zero-order valence-corrected chi connectivity index (χ0v) is 16.2. The smallest absolute Gasteiger partial charge is 0.234 e. The Morgan fingerprint density at radius 3 is 2.56 bits per heavy atom. The fourth-order valence-electron chi connectivity index (χ4n) is 4.80. The molecule has 2 heterocycles. The van der Waals surface area contributed by atoms with Crippen LogP contribution in [-0.2, 0) is 18.4 Å². The van der Waals surface area contributed by atoms with Crippen molar-refractivity contribution in [2.24, 2.45) is 12.8 Å². The van der Waals surface area contributed by atoms with Crippen molar-refractivity contribution in [3.8, 4) is 11.3 Å². The fraction of sp³-hybridized carbons (Fsp3) is 0.545. The van der Waals surface area contributed by atoms with Crippen molar-refractivity contribution >= 4 is 5.91 Å². The molecule has 1 aromatic heterocycles. The van der Waals surface area contributed by atoms with Gasteiger partial charge in [-0.25, -0.2) is 0 Å². The van der Waals surface area contributed by atoms with Crippen LogP contribution in [-0.4, -0.2) is 33.2 Å². The average molecular weight is 367 g/mol. The normalized spacial score (nSPS) is 21.6. The van der Waals surface area contributed by atoms with Gasteiger partial charge < -0.3 is 5.73 Å². The minimum Gasteiger partial charge on any atom is -0.368 e. The number of nitrogens with two attached hydrogens (primary N) is 1. The molecule has 4 rings (SSSR count). The standard InChI is InChI=1S/C22H30N4O/c1-25-14-19(15-26-13-5-8-20(26)22(23)27)21(24-25)18-11-9-17(10-12-18)16-6-3-2-4-7-16/h9-12,14,16,20H,2-8,13,15H2,1H3,(H2,23,27)/t20-/m0/s1. The quantitative estimate of drug-likeness (QED) is 0.879. The molecule has 2 aromatic rings. The molecule has 0 spiro atoms. The van der Waals surface area contributed by atoms with Gasteiger partial charge in [0.15, 0.2) is 0 Å². The summed E-state index contributed by atoms with van der Waals surface area (Å²) in [5.74, 6) is 0.506. The lowest BCUT2D eigenvalue weighted by atomic mass is 9.84. The van der Waals surface area contributed by atoms with E-state index in [2.05, 4.69) is 35.4 Å². The third kappa shape index (κ3) is 3.93. The highest BCUT2D eigenvalue weighted by Crippen LogP contribution is 2.34. The number of primary amides is 1. The van der Waals surface area contributed by atoms with Gasteiger partial charge in [0.1, 0.15) is 0 Å². The summed E-state index contributed by atoms with van der Waals surface area (Å²) in [4.78, 5) is 13.9. The van der Waals surface area contributed by atoms with Crippen molar-refractivity contribution in [3.05, 3.63) is 41.6 Å². The number of carbonyl (C=O) groups is 1. The van der Waals surface area contributed by atoms with Gasteiger partial charge in [-0.15, -0.1) is 0 Å². The fourth-order valence-corrected chi connectivity index (χ4v) is 4.80. The monoisotopic (exact) mass is 366 g/mol. The molecule has 27 heavy (non-hydrogen) atoms. The Hall–Kier alpha value is -2.14. The molecule has 2 N–H and O–H groups in total. The van der Waals surface area contributed by atoms with E-state index in [4.69, 9.17) is 10.8 Å². The number of rotatable bonds is 5. The van der Waals surface area contributed by atoms with Crippen molar-refractivity contribution in [1.29, 1.82) is 0 Å². The molecule has 1 aromatic carbocycles. The van der Waals surface area contributed by atoms with Crippen LogP contribution in [0.15, 0.2) is 30.5 Å². The summed E-state index contributed by atoms with van der Waals surface area (Å²) in [5.41, 5.74) is 10.4. The molecule has 144 valence electrons. The summed E-state index contributed by atoms with van der Waals surface area (Å²) < 4.78 is 1.87. The predicted octanol–water partition coefficient (Wildman–Crippen LogP) is 3.58. The topological polar surface area (TPSA) is 64.2 Å². The van der Waals surface area contributed by atoms with Gasteiger partial charge in [-0.2, -0.15) is 5.10 Å². The Morgan fingerprint density at radius 2 is 1.85 bits per heavy atom. The first kappa shape index (κ1) is 18.2. The predicted molar refractivity (Wildman–Crippen MR) is 107 cm³/mol. The Morgan fingerprint density at radius 1 is 1.11 bits per heavy atom. The Balaban J connectivity index is 1.54. The van der Waals surface area contributed by atoms with Crippen molar-refractivity contribution in [2.45, 2.75) is 63.5 Å². The largest absolute Gasteiger partial charge is 0.368 e. The lowest BCUT2D eigenvalue weighted by Crippen LogP contribution is -2.39. The molecule has 0 radical (unpaired) electrons. The maximum atomic E-state index is 11.7. The van der Waals surface area contributed by atoms with Gasteiger partial charge in [0.2, 0.25) is 5.91 Å². The zero-order chi connectivity index (χ0) is 18.8. The number of nitrogens with zero attached hydrogens (tertiary/aromatic N) is 3. The van der Waals surface area contributed by atoms with Crippen LogP contribution >= 0.6 is 0 Å². The summed E-state index contributed by atoms with van der Waals surface area (Å²) in [6.07, 6.45) is 10.7. The van der Waals surface area contributed by atoms with Crippen LogP contribution in [0.4, 0.5) is 0 Å². The Bertz CT molecular complexity index is 789. The number of carbonyl (C=O) groups excluding carboxylic acids is 1. The molecule has 0 bridgehead atoms. The molecule has 1 saturated carbocycles. The molecule has 2 aliphatic rings. The highest BCUT2D eigenvalue weighted by atomic mass is 16.1. The summed E-state index contributed by atoms with van der Waals surface area (Å²) >= 11 is 0. The number of hydrogen-bond donors (Lipinski definition) is 1. The lowest BCUT2D eigenvalue weighted by Gasteiger charge is -2.22. The third-order valence-electron chi connectivity index (χ3n) is 6.23. The van der Waals surface area contributed by atoms with Gasteiger partial charge in [-0.1, -0.05) is 43.5 Å². The number of amides is 1. The van der Waals surface area contributed by atoms with Crippen molar-refractivity contribution in [1.82, 2.24) is 14.7 Å². The maximum Gasteiger partial charge on any atom is 0.234 e. The minimum atomic E-state index is -0.213. The third-order valence-corrected chi connectivity index (χ3v) is 6.23. The molecule has 1 aliphatic carbocycles. The molecule has 1 aliphatic heterocycles. The molecule has 5 heteroatoms. The molecule has 1 amide bonds. The van der Waals surface area contributed by atoms with E-state index >= 15 is 0 Å². The molecular weight excluding hydrogens is 336 g/mol. The Kier molecular flexibility index (Phi) is 5.30. The average Bonchev–Trinajstić information content (AvgIpc) is 3.29. The van der Waals surface area contributed by atoms with Crippen molar-refractivity contribution in [3.63, 3.8) is 0 Å². The summed E-state index contributed by atoms with van der Waals surface area (Å²) in [6, 6.07) is 8.85. The lowest BCUT2D eigenvalue weighted by molar-refractivity contribution is -0.122. The van der Waals surface area contributed by atoms with Crippen LogP contribution in [0.2, 0.25) is 0 Å². The van der Waals surface area contributed by atoms with Gasteiger partial charge in [0.05, 0.1) is 11.7 Å². The van der Waals surface area contributed by atoms with E-state index in [-0.39, 0.29) is 11.9 Å². The number of likely N-dealkylation sites (tertiary alicyclic amines) is 1. The summed E-state index contributed by atoms with van der Waals surface area (Å²) in [6.45, 7) is 1.64.